The third-order valence-corrected chi connectivity index (χ3v) is 3.95. The number of hydrogen-bond acceptors (Lipinski definition) is 3. The molecule has 0 heterocycles. The normalized spacial score (nSPS) is 15.8. The molecule has 112 valence electrons. The molecule has 0 unspecified atom stereocenters. The molecule has 3 rings (SSSR count). The molecule has 2 aromatic rings. The average Bonchev–Trinajstić information content (AvgIpc) is 2.55. The van der Waals surface area contributed by atoms with E-state index in [0.717, 1.165) is 16.9 Å². The monoisotopic (exact) mass is 294 g/mol. The van der Waals surface area contributed by atoms with E-state index in [-0.39, 0.29) is 11.6 Å². The fraction of sp³-hybridized carbons (Fsp3) is 0.263. The SMILES string of the molecule is O=C1CCCC(=O)C1c1ccc(OCc2ccccc2)cc1. The van der Waals surface area contributed by atoms with Crippen molar-refractivity contribution >= 4 is 11.6 Å². The van der Waals surface area contributed by atoms with Crippen molar-refractivity contribution in [3.05, 3.63) is 65.7 Å². The largest absolute Gasteiger partial charge is 0.489 e. The summed E-state index contributed by atoms with van der Waals surface area (Å²) in [5.74, 6) is 0.239. The number of carbonyl (C=O) groups is 2. The van der Waals surface area contributed by atoms with Crippen molar-refractivity contribution in [1.82, 2.24) is 0 Å². The predicted molar refractivity (Wildman–Crippen MR) is 83.8 cm³/mol. The Labute approximate surface area is 129 Å². The van der Waals surface area contributed by atoms with Crippen LogP contribution in [-0.4, -0.2) is 11.6 Å². The maximum Gasteiger partial charge on any atom is 0.147 e. The van der Waals surface area contributed by atoms with Crippen LogP contribution in [0.15, 0.2) is 54.6 Å². The minimum Gasteiger partial charge on any atom is -0.489 e. The van der Waals surface area contributed by atoms with Crippen molar-refractivity contribution in [2.75, 3.05) is 0 Å². The molecule has 22 heavy (non-hydrogen) atoms. The standard InChI is InChI=1S/C19H18O3/c20-17-7-4-8-18(21)19(17)15-9-11-16(12-10-15)22-13-14-5-2-1-3-6-14/h1-3,5-6,9-12,19H,4,7-8,13H2. The topological polar surface area (TPSA) is 43.4 Å². The quantitative estimate of drug-likeness (QED) is 0.808. The molecule has 0 bridgehead atoms. The molecular weight excluding hydrogens is 276 g/mol. The van der Waals surface area contributed by atoms with E-state index in [1.807, 2.05) is 54.6 Å². The van der Waals surface area contributed by atoms with Gasteiger partial charge in [0, 0.05) is 12.8 Å². The van der Waals surface area contributed by atoms with Gasteiger partial charge in [-0.15, -0.1) is 0 Å². The lowest BCUT2D eigenvalue weighted by molar-refractivity contribution is -0.131. The lowest BCUT2D eigenvalue weighted by atomic mass is 9.82. The van der Waals surface area contributed by atoms with Gasteiger partial charge >= 0.3 is 0 Å². The third-order valence-electron chi connectivity index (χ3n) is 3.95. The summed E-state index contributed by atoms with van der Waals surface area (Å²) in [6, 6.07) is 17.2. The van der Waals surface area contributed by atoms with E-state index >= 15 is 0 Å². The molecule has 2 aromatic carbocycles. The van der Waals surface area contributed by atoms with Crippen LogP contribution in [-0.2, 0) is 16.2 Å². The van der Waals surface area contributed by atoms with Gasteiger partial charge in [0.05, 0.1) is 0 Å². The predicted octanol–water partition coefficient (Wildman–Crippen LogP) is 3.67. The van der Waals surface area contributed by atoms with Crippen molar-refractivity contribution in [3.8, 4) is 5.75 Å². The number of Topliss-reactive ketones (excluding diaryl/α,β-unsaturated/α-hetero) is 2. The summed E-state index contributed by atoms with van der Waals surface area (Å²) in [4.78, 5) is 23.9. The molecule has 0 aliphatic heterocycles. The molecule has 0 amide bonds. The number of hydrogen-bond donors (Lipinski definition) is 0. The van der Waals surface area contributed by atoms with Crippen molar-refractivity contribution in [2.45, 2.75) is 31.8 Å². The van der Waals surface area contributed by atoms with Gasteiger partial charge in [0.1, 0.15) is 29.8 Å². The van der Waals surface area contributed by atoms with Crippen molar-refractivity contribution in [1.29, 1.82) is 0 Å². The van der Waals surface area contributed by atoms with E-state index in [1.54, 1.807) is 0 Å². The highest BCUT2D eigenvalue weighted by molar-refractivity contribution is 6.09. The van der Waals surface area contributed by atoms with Gasteiger partial charge in [0.15, 0.2) is 0 Å². The van der Waals surface area contributed by atoms with E-state index in [1.165, 1.54) is 0 Å². The second kappa shape index (κ2) is 6.56. The summed E-state index contributed by atoms with van der Waals surface area (Å²) in [6.45, 7) is 0.501. The molecule has 0 spiro atoms. The molecule has 0 saturated heterocycles. The summed E-state index contributed by atoms with van der Waals surface area (Å²) in [5, 5.41) is 0. The van der Waals surface area contributed by atoms with Crippen LogP contribution in [0.5, 0.6) is 5.75 Å². The Morgan fingerprint density at radius 3 is 2.14 bits per heavy atom. The highest BCUT2D eigenvalue weighted by Crippen LogP contribution is 2.28. The zero-order valence-electron chi connectivity index (χ0n) is 12.3. The van der Waals surface area contributed by atoms with Gasteiger partial charge in [-0.05, 0) is 29.7 Å². The first-order valence-corrected chi connectivity index (χ1v) is 7.56. The van der Waals surface area contributed by atoms with Crippen LogP contribution in [0.1, 0.15) is 36.3 Å². The minimum absolute atomic E-state index is 0.0363. The number of benzene rings is 2. The van der Waals surface area contributed by atoms with Crippen LogP contribution < -0.4 is 4.74 Å². The second-order valence-corrected chi connectivity index (χ2v) is 5.56. The van der Waals surface area contributed by atoms with Crippen molar-refractivity contribution < 1.29 is 14.3 Å². The van der Waals surface area contributed by atoms with Crippen LogP contribution in [0.3, 0.4) is 0 Å². The molecule has 1 fully saturated rings. The zero-order valence-corrected chi connectivity index (χ0v) is 12.3. The van der Waals surface area contributed by atoms with Gasteiger partial charge in [0.2, 0.25) is 0 Å². The Morgan fingerprint density at radius 2 is 1.50 bits per heavy atom. The lowest BCUT2D eigenvalue weighted by Crippen LogP contribution is -2.26. The lowest BCUT2D eigenvalue weighted by Gasteiger charge is -2.19. The molecule has 1 aliphatic rings. The minimum atomic E-state index is -0.572. The Morgan fingerprint density at radius 1 is 0.864 bits per heavy atom. The van der Waals surface area contributed by atoms with Gasteiger partial charge in [-0.25, -0.2) is 0 Å². The van der Waals surface area contributed by atoms with Gasteiger partial charge in [-0.1, -0.05) is 42.5 Å². The van der Waals surface area contributed by atoms with Crippen molar-refractivity contribution in [2.24, 2.45) is 0 Å². The molecule has 1 saturated carbocycles. The summed E-state index contributed by atoms with van der Waals surface area (Å²) in [6.07, 6.45) is 1.69. The van der Waals surface area contributed by atoms with Crippen LogP contribution in [0.25, 0.3) is 0 Å². The Balaban J connectivity index is 1.67. The van der Waals surface area contributed by atoms with Crippen LogP contribution in [0, 0.1) is 0 Å². The first kappa shape index (κ1) is 14.5. The summed E-state index contributed by atoms with van der Waals surface area (Å²) >= 11 is 0. The first-order chi connectivity index (χ1) is 10.7. The molecule has 0 atom stereocenters. The zero-order chi connectivity index (χ0) is 15.4. The summed E-state index contributed by atoms with van der Waals surface area (Å²) in [7, 11) is 0. The summed E-state index contributed by atoms with van der Waals surface area (Å²) < 4.78 is 5.72. The Bertz CT molecular complexity index is 643. The number of ether oxygens (including phenoxy) is 1. The molecule has 0 N–H and O–H groups in total. The second-order valence-electron chi connectivity index (χ2n) is 5.56. The van der Waals surface area contributed by atoms with E-state index in [2.05, 4.69) is 0 Å². The highest BCUT2D eigenvalue weighted by atomic mass is 16.5. The maximum atomic E-state index is 11.9. The fourth-order valence-electron chi connectivity index (χ4n) is 2.77. The number of carbonyl (C=O) groups excluding carboxylic acids is 2. The number of ketones is 2. The van der Waals surface area contributed by atoms with Gasteiger partial charge in [-0.3, -0.25) is 9.59 Å². The van der Waals surface area contributed by atoms with E-state index in [4.69, 9.17) is 4.74 Å². The number of rotatable bonds is 4. The molecule has 0 radical (unpaired) electrons. The Kier molecular flexibility index (Phi) is 4.33. The molecule has 0 aromatic heterocycles. The van der Waals surface area contributed by atoms with E-state index < -0.39 is 5.92 Å². The maximum absolute atomic E-state index is 11.9. The van der Waals surface area contributed by atoms with Gasteiger partial charge in [0.25, 0.3) is 0 Å². The fourth-order valence-corrected chi connectivity index (χ4v) is 2.77. The molecule has 3 heteroatoms. The first-order valence-electron chi connectivity index (χ1n) is 7.56. The highest BCUT2D eigenvalue weighted by Gasteiger charge is 2.31. The van der Waals surface area contributed by atoms with E-state index in [0.29, 0.717) is 25.9 Å². The van der Waals surface area contributed by atoms with Gasteiger partial charge < -0.3 is 4.74 Å². The van der Waals surface area contributed by atoms with E-state index in [9.17, 15) is 9.59 Å². The van der Waals surface area contributed by atoms with Gasteiger partial charge in [-0.2, -0.15) is 0 Å². The smallest absolute Gasteiger partial charge is 0.147 e. The van der Waals surface area contributed by atoms with Crippen LogP contribution in [0.2, 0.25) is 0 Å². The molecule has 1 aliphatic carbocycles. The molecule has 3 nitrogen and oxygen atoms in total. The Hall–Kier alpha value is -2.42. The van der Waals surface area contributed by atoms with Crippen LogP contribution >= 0.6 is 0 Å². The third kappa shape index (κ3) is 3.25. The van der Waals surface area contributed by atoms with Crippen molar-refractivity contribution in [3.63, 3.8) is 0 Å². The molecular formula is C19H18O3. The average molecular weight is 294 g/mol. The summed E-state index contributed by atoms with van der Waals surface area (Å²) in [5.41, 5.74) is 1.88. The van der Waals surface area contributed by atoms with Crippen LogP contribution in [0.4, 0.5) is 0 Å².